The lowest BCUT2D eigenvalue weighted by atomic mass is 9.57. The minimum absolute atomic E-state index is 0.0844. The van der Waals surface area contributed by atoms with Crippen molar-refractivity contribution in [3.8, 4) is 0 Å². The van der Waals surface area contributed by atoms with E-state index in [0.29, 0.717) is 11.9 Å². The number of hydrogen-bond acceptors (Lipinski definition) is 6. The average molecular weight is 360 g/mol. The summed E-state index contributed by atoms with van der Waals surface area (Å²) < 4.78 is 11.0. The number of aldehydes is 1. The topological polar surface area (TPSA) is 89.9 Å². The highest BCUT2D eigenvalue weighted by molar-refractivity contribution is 5.92. The van der Waals surface area contributed by atoms with Crippen LogP contribution in [-0.4, -0.2) is 41.6 Å². The molecular formula is C20H24O6. The molecule has 0 aromatic rings. The maximum absolute atomic E-state index is 12.4. The van der Waals surface area contributed by atoms with E-state index >= 15 is 0 Å². The molecule has 0 radical (unpaired) electrons. The minimum atomic E-state index is -1.16. The zero-order chi connectivity index (χ0) is 19.8. The molecule has 2 fully saturated rings. The van der Waals surface area contributed by atoms with Crippen molar-refractivity contribution < 1.29 is 29.0 Å². The van der Waals surface area contributed by atoms with E-state index in [4.69, 9.17) is 9.47 Å². The van der Waals surface area contributed by atoms with E-state index < -0.39 is 47.5 Å². The molecule has 0 spiro atoms. The molecule has 0 bridgehead atoms. The number of rotatable bonds is 5. The molecule has 1 aliphatic carbocycles. The van der Waals surface area contributed by atoms with E-state index in [9.17, 15) is 19.5 Å². The summed E-state index contributed by atoms with van der Waals surface area (Å²) in [6, 6.07) is 0. The van der Waals surface area contributed by atoms with E-state index in [-0.39, 0.29) is 11.1 Å². The predicted octanol–water partition coefficient (Wildman–Crippen LogP) is 1.90. The Labute approximate surface area is 152 Å². The Morgan fingerprint density at radius 1 is 1.42 bits per heavy atom. The van der Waals surface area contributed by atoms with Crippen LogP contribution in [0.1, 0.15) is 20.8 Å². The number of hydrogen-bond donors (Lipinski definition) is 1. The second-order valence-electron chi connectivity index (χ2n) is 6.95. The molecule has 1 N–H and O–H groups in total. The Kier molecular flexibility index (Phi) is 5.37. The van der Waals surface area contributed by atoms with Crippen molar-refractivity contribution in [2.75, 3.05) is 0 Å². The van der Waals surface area contributed by atoms with Crippen molar-refractivity contribution >= 4 is 18.2 Å². The van der Waals surface area contributed by atoms with Gasteiger partial charge >= 0.3 is 11.9 Å². The van der Waals surface area contributed by atoms with Gasteiger partial charge in [-0.2, -0.15) is 0 Å². The highest BCUT2D eigenvalue weighted by Gasteiger charge is 2.63. The zero-order valence-electron chi connectivity index (χ0n) is 15.2. The molecule has 0 aromatic carbocycles. The number of aliphatic hydroxyl groups excluding tert-OH is 1. The van der Waals surface area contributed by atoms with Gasteiger partial charge in [-0.25, -0.2) is 9.59 Å². The summed E-state index contributed by atoms with van der Waals surface area (Å²) in [5.41, 5.74) is -0.490. The minimum Gasteiger partial charge on any atom is -0.454 e. The standard InChI is InChI=1S/C20H24O6/c1-7-10(3)18(23)26-17-16-13(12(5)19(24)25-16)15(22)14(11(4)9-21)20(17,6)8-2/h7-9,13-17,22H,2,4-5H2,1,3,6H3. The smallest absolute Gasteiger partial charge is 0.334 e. The van der Waals surface area contributed by atoms with Crippen LogP contribution in [-0.2, 0) is 23.9 Å². The lowest BCUT2D eigenvalue weighted by Gasteiger charge is -2.51. The monoisotopic (exact) mass is 360 g/mol. The second kappa shape index (κ2) is 7.03. The molecule has 6 unspecified atom stereocenters. The molecule has 1 saturated heterocycles. The molecule has 1 saturated carbocycles. The summed E-state index contributed by atoms with van der Waals surface area (Å²) in [5.74, 6) is -2.86. The number of carbonyl (C=O) groups excluding carboxylic acids is 3. The first kappa shape index (κ1) is 19.8. The van der Waals surface area contributed by atoms with Gasteiger partial charge in [0.15, 0.2) is 0 Å². The van der Waals surface area contributed by atoms with Crippen LogP contribution < -0.4 is 0 Å². The summed E-state index contributed by atoms with van der Waals surface area (Å²) in [6.45, 7) is 16.2. The highest BCUT2D eigenvalue weighted by Crippen LogP contribution is 2.53. The van der Waals surface area contributed by atoms with Crippen molar-refractivity contribution in [1.82, 2.24) is 0 Å². The lowest BCUT2D eigenvalue weighted by molar-refractivity contribution is -0.189. The van der Waals surface area contributed by atoms with E-state index in [1.165, 1.54) is 6.08 Å². The lowest BCUT2D eigenvalue weighted by Crippen LogP contribution is -2.60. The van der Waals surface area contributed by atoms with Gasteiger partial charge in [0, 0.05) is 22.5 Å². The van der Waals surface area contributed by atoms with Gasteiger partial charge in [0.25, 0.3) is 0 Å². The second-order valence-corrected chi connectivity index (χ2v) is 6.95. The van der Waals surface area contributed by atoms with Gasteiger partial charge in [0.2, 0.25) is 0 Å². The van der Waals surface area contributed by atoms with Crippen LogP contribution in [0, 0.1) is 17.3 Å². The van der Waals surface area contributed by atoms with Gasteiger partial charge in [0.1, 0.15) is 18.5 Å². The number of carbonyl (C=O) groups is 3. The SMILES string of the molecule is C=CC1(C)C(OC(=O)C(C)=CC)C2OC(=O)C(=C)C2C(O)C1C(=C)C=O. The third-order valence-electron chi connectivity index (χ3n) is 5.53. The Hall–Kier alpha value is -2.47. The molecule has 1 heterocycles. The zero-order valence-corrected chi connectivity index (χ0v) is 15.2. The predicted molar refractivity (Wildman–Crippen MR) is 94.8 cm³/mol. The number of aliphatic hydroxyl groups is 1. The first-order chi connectivity index (χ1) is 12.1. The molecule has 0 aromatic heterocycles. The van der Waals surface area contributed by atoms with Crippen molar-refractivity contribution in [3.63, 3.8) is 0 Å². The van der Waals surface area contributed by atoms with Crippen molar-refractivity contribution in [3.05, 3.63) is 48.6 Å². The average Bonchev–Trinajstić information content (AvgIpc) is 2.92. The first-order valence-electron chi connectivity index (χ1n) is 8.33. The number of fused-ring (bicyclic) bond motifs is 1. The van der Waals surface area contributed by atoms with Crippen LogP contribution in [0.2, 0.25) is 0 Å². The third-order valence-corrected chi connectivity index (χ3v) is 5.53. The van der Waals surface area contributed by atoms with Gasteiger partial charge in [-0.3, -0.25) is 4.79 Å². The number of esters is 2. The first-order valence-corrected chi connectivity index (χ1v) is 8.33. The van der Waals surface area contributed by atoms with Gasteiger partial charge in [-0.1, -0.05) is 32.2 Å². The summed E-state index contributed by atoms with van der Waals surface area (Å²) >= 11 is 0. The Morgan fingerprint density at radius 3 is 2.54 bits per heavy atom. The van der Waals surface area contributed by atoms with Crippen LogP contribution in [0.3, 0.4) is 0 Å². The Bertz CT molecular complexity index is 718. The Balaban J connectivity index is 2.59. The molecule has 140 valence electrons. The third kappa shape index (κ3) is 2.84. The van der Waals surface area contributed by atoms with Gasteiger partial charge in [-0.15, -0.1) is 6.58 Å². The van der Waals surface area contributed by atoms with Crippen LogP contribution in [0.4, 0.5) is 0 Å². The van der Waals surface area contributed by atoms with Crippen molar-refractivity contribution in [1.29, 1.82) is 0 Å². The van der Waals surface area contributed by atoms with Gasteiger partial charge < -0.3 is 14.6 Å². The number of allylic oxidation sites excluding steroid dienone is 1. The molecular weight excluding hydrogens is 336 g/mol. The van der Waals surface area contributed by atoms with Crippen LogP contribution in [0.5, 0.6) is 0 Å². The van der Waals surface area contributed by atoms with Crippen LogP contribution >= 0.6 is 0 Å². The quantitative estimate of drug-likeness (QED) is 0.349. The fourth-order valence-corrected chi connectivity index (χ4v) is 3.82. The van der Waals surface area contributed by atoms with Crippen LogP contribution in [0.15, 0.2) is 48.6 Å². The Morgan fingerprint density at radius 2 is 2.04 bits per heavy atom. The summed E-state index contributed by atoms with van der Waals surface area (Å²) in [5, 5.41) is 10.9. The molecule has 1 aliphatic heterocycles. The number of ether oxygens (including phenoxy) is 2. The largest absolute Gasteiger partial charge is 0.454 e. The van der Waals surface area contributed by atoms with Crippen LogP contribution in [0.25, 0.3) is 0 Å². The molecule has 26 heavy (non-hydrogen) atoms. The summed E-state index contributed by atoms with van der Waals surface area (Å²) in [7, 11) is 0. The maximum Gasteiger partial charge on any atom is 0.334 e. The molecule has 0 amide bonds. The highest BCUT2D eigenvalue weighted by atomic mass is 16.6. The van der Waals surface area contributed by atoms with E-state index in [2.05, 4.69) is 19.7 Å². The van der Waals surface area contributed by atoms with E-state index in [1.54, 1.807) is 26.8 Å². The molecule has 6 heteroatoms. The molecule has 6 nitrogen and oxygen atoms in total. The summed E-state index contributed by atoms with van der Waals surface area (Å²) in [4.78, 5) is 35.8. The normalized spacial score (nSPS) is 36.8. The van der Waals surface area contributed by atoms with E-state index in [0.717, 1.165) is 0 Å². The molecule has 2 aliphatic rings. The summed E-state index contributed by atoms with van der Waals surface area (Å²) in [6.07, 6.45) is 0.621. The maximum atomic E-state index is 12.4. The molecule has 6 atom stereocenters. The fourth-order valence-electron chi connectivity index (χ4n) is 3.82. The van der Waals surface area contributed by atoms with E-state index in [1.807, 2.05) is 0 Å². The van der Waals surface area contributed by atoms with Gasteiger partial charge in [0.05, 0.1) is 12.0 Å². The van der Waals surface area contributed by atoms with Gasteiger partial charge in [-0.05, 0) is 19.4 Å². The molecule has 2 rings (SSSR count). The fraction of sp³-hybridized carbons (Fsp3) is 0.450. The van der Waals surface area contributed by atoms with Crippen molar-refractivity contribution in [2.24, 2.45) is 17.3 Å². The van der Waals surface area contributed by atoms with Crippen molar-refractivity contribution in [2.45, 2.75) is 39.1 Å².